The summed E-state index contributed by atoms with van der Waals surface area (Å²) in [7, 11) is -3.13. The zero-order valence-electron chi connectivity index (χ0n) is 13.6. The molecular weight excluding hydrogens is 367 g/mol. The van der Waals surface area contributed by atoms with Crippen molar-refractivity contribution in [3.8, 4) is 5.75 Å². The summed E-state index contributed by atoms with van der Waals surface area (Å²) < 4.78 is 47.4. The monoisotopic (exact) mass is 382 g/mol. The van der Waals surface area contributed by atoms with Crippen molar-refractivity contribution >= 4 is 21.9 Å². The maximum atomic E-state index is 13.4. The number of benzene rings is 2. The minimum atomic E-state index is -4.24. The number of ether oxygens (including phenoxy) is 2. The summed E-state index contributed by atoms with van der Waals surface area (Å²) in [5.41, 5.74) is 1.72. The van der Waals surface area contributed by atoms with Crippen molar-refractivity contribution in [3.05, 3.63) is 59.9 Å². The number of methoxy groups -OCH3 is 1. The molecule has 2 rings (SSSR count). The van der Waals surface area contributed by atoms with Crippen molar-refractivity contribution in [1.29, 1.82) is 0 Å². The number of amides is 1. The van der Waals surface area contributed by atoms with Crippen LogP contribution in [-0.2, 0) is 19.6 Å². The van der Waals surface area contributed by atoms with Gasteiger partial charge in [0, 0.05) is 0 Å². The molecule has 10 heteroatoms. The number of sulfonamides is 1. The van der Waals surface area contributed by atoms with Crippen LogP contribution in [0.25, 0.3) is 0 Å². The molecule has 0 radical (unpaired) electrons. The van der Waals surface area contributed by atoms with Gasteiger partial charge in [-0.25, -0.2) is 17.6 Å². The summed E-state index contributed by atoms with van der Waals surface area (Å²) in [6.07, 6.45) is 0. The number of rotatable bonds is 7. The number of carbonyl (C=O) groups is 2. The van der Waals surface area contributed by atoms with Gasteiger partial charge in [-0.2, -0.15) is 0 Å². The van der Waals surface area contributed by atoms with Crippen molar-refractivity contribution in [1.82, 2.24) is 10.3 Å². The molecule has 2 aromatic rings. The van der Waals surface area contributed by atoms with Crippen molar-refractivity contribution in [2.45, 2.75) is 4.90 Å². The van der Waals surface area contributed by atoms with Crippen LogP contribution in [0.4, 0.5) is 4.39 Å². The SMILES string of the molecule is COC(=O)c1ccccc1S(=O)(=O)NNC(=O)COc1ccccc1F. The van der Waals surface area contributed by atoms with Crippen LogP contribution in [0.5, 0.6) is 5.75 Å². The number of esters is 1. The van der Waals surface area contributed by atoms with Gasteiger partial charge >= 0.3 is 5.97 Å². The molecule has 0 saturated carbocycles. The Morgan fingerprint density at radius 3 is 2.42 bits per heavy atom. The van der Waals surface area contributed by atoms with E-state index in [1.54, 1.807) is 0 Å². The van der Waals surface area contributed by atoms with Gasteiger partial charge in [-0.1, -0.05) is 24.3 Å². The molecule has 0 aliphatic heterocycles. The summed E-state index contributed by atoms with van der Waals surface area (Å²) in [5.74, 6) is -2.53. The lowest BCUT2D eigenvalue weighted by molar-refractivity contribution is -0.123. The Kier molecular flexibility index (Phi) is 6.26. The summed E-state index contributed by atoms with van der Waals surface area (Å²) in [6, 6.07) is 10.8. The molecule has 0 spiro atoms. The first-order chi connectivity index (χ1) is 12.3. The average Bonchev–Trinajstić information content (AvgIpc) is 2.65. The molecule has 0 aliphatic carbocycles. The summed E-state index contributed by atoms with van der Waals surface area (Å²) in [5, 5.41) is 0. The molecule has 0 aliphatic rings. The van der Waals surface area contributed by atoms with Crippen molar-refractivity contribution in [2.75, 3.05) is 13.7 Å². The second kappa shape index (κ2) is 8.41. The van der Waals surface area contributed by atoms with E-state index in [0.717, 1.165) is 13.2 Å². The zero-order valence-corrected chi connectivity index (χ0v) is 14.4. The molecule has 0 atom stereocenters. The van der Waals surface area contributed by atoms with Crippen LogP contribution < -0.4 is 15.0 Å². The highest BCUT2D eigenvalue weighted by Crippen LogP contribution is 2.16. The first-order valence-corrected chi connectivity index (χ1v) is 8.69. The van der Waals surface area contributed by atoms with Gasteiger partial charge in [0.2, 0.25) is 0 Å². The Morgan fingerprint density at radius 1 is 1.08 bits per heavy atom. The first-order valence-electron chi connectivity index (χ1n) is 7.20. The summed E-state index contributed by atoms with van der Waals surface area (Å²) in [4.78, 5) is 24.8. The number of hydrazine groups is 1. The molecule has 138 valence electrons. The van der Waals surface area contributed by atoms with Crippen LogP contribution in [0.1, 0.15) is 10.4 Å². The van der Waals surface area contributed by atoms with Crippen molar-refractivity contribution in [3.63, 3.8) is 0 Å². The van der Waals surface area contributed by atoms with E-state index in [2.05, 4.69) is 4.74 Å². The number of hydrogen-bond acceptors (Lipinski definition) is 6. The third-order valence-corrected chi connectivity index (χ3v) is 4.41. The van der Waals surface area contributed by atoms with E-state index < -0.39 is 34.3 Å². The molecule has 0 saturated heterocycles. The van der Waals surface area contributed by atoms with E-state index in [4.69, 9.17) is 4.74 Å². The predicted octanol–water partition coefficient (Wildman–Crippen LogP) is 1.00. The van der Waals surface area contributed by atoms with Gasteiger partial charge in [-0.15, -0.1) is 4.83 Å². The maximum absolute atomic E-state index is 13.4. The van der Waals surface area contributed by atoms with E-state index >= 15 is 0 Å². The predicted molar refractivity (Wildman–Crippen MR) is 88.1 cm³/mol. The number of para-hydroxylation sites is 1. The molecule has 2 aromatic carbocycles. The summed E-state index contributed by atoms with van der Waals surface area (Å²) >= 11 is 0. The second-order valence-corrected chi connectivity index (χ2v) is 6.51. The van der Waals surface area contributed by atoms with Gasteiger partial charge in [-0.05, 0) is 24.3 Å². The van der Waals surface area contributed by atoms with Crippen LogP contribution in [0.2, 0.25) is 0 Å². The second-order valence-electron chi connectivity index (χ2n) is 4.86. The molecule has 0 bridgehead atoms. The molecular formula is C16H15FN2O6S. The van der Waals surface area contributed by atoms with E-state index in [0.29, 0.717) is 0 Å². The third kappa shape index (κ3) is 4.77. The fourth-order valence-corrected chi connectivity index (χ4v) is 2.96. The van der Waals surface area contributed by atoms with Gasteiger partial charge in [-0.3, -0.25) is 10.2 Å². The smallest absolute Gasteiger partial charge is 0.339 e. The first kappa shape index (κ1) is 19.3. The van der Waals surface area contributed by atoms with Gasteiger partial charge in [0.15, 0.2) is 18.2 Å². The maximum Gasteiger partial charge on any atom is 0.339 e. The molecule has 0 unspecified atom stereocenters. The van der Waals surface area contributed by atoms with Crippen molar-refractivity contribution < 1.29 is 31.9 Å². The van der Waals surface area contributed by atoms with E-state index in [-0.39, 0.29) is 16.2 Å². The van der Waals surface area contributed by atoms with E-state index in [1.165, 1.54) is 42.5 Å². The Balaban J connectivity index is 2.01. The minimum Gasteiger partial charge on any atom is -0.481 e. The molecule has 0 aromatic heterocycles. The standard InChI is InChI=1S/C16H15FN2O6S/c1-24-16(21)11-6-2-5-9-14(11)26(22,23)19-18-15(20)10-25-13-8-4-3-7-12(13)17/h2-9,19H,10H2,1H3,(H,18,20). The zero-order chi connectivity index (χ0) is 19.2. The largest absolute Gasteiger partial charge is 0.481 e. The number of halogens is 1. The summed E-state index contributed by atoms with van der Waals surface area (Å²) in [6.45, 7) is -0.623. The van der Waals surface area contributed by atoms with Crippen LogP contribution in [0.15, 0.2) is 53.4 Å². The third-order valence-electron chi connectivity index (χ3n) is 3.10. The lowest BCUT2D eigenvalue weighted by Crippen LogP contribution is -2.44. The minimum absolute atomic E-state index is 0.151. The number of nitrogens with one attached hydrogen (secondary N) is 2. The van der Waals surface area contributed by atoms with Gasteiger partial charge < -0.3 is 9.47 Å². The molecule has 26 heavy (non-hydrogen) atoms. The highest BCUT2D eigenvalue weighted by Gasteiger charge is 2.23. The lowest BCUT2D eigenvalue weighted by atomic mass is 10.2. The molecule has 0 heterocycles. The molecule has 0 fully saturated rings. The topological polar surface area (TPSA) is 111 Å². The quantitative estimate of drug-likeness (QED) is 0.546. The highest BCUT2D eigenvalue weighted by molar-refractivity contribution is 7.89. The Hall–Kier alpha value is -2.98. The van der Waals surface area contributed by atoms with Gasteiger partial charge in [0.1, 0.15) is 0 Å². The average molecular weight is 382 g/mol. The van der Waals surface area contributed by atoms with Crippen LogP contribution in [0.3, 0.4) is 0 Å². The van der Waals surface area contributed by atoms with E-state index in [1.807, 2.05) is 10.3 Å². The van der Waals surface area contributed by atoms with E-state index in [9.17, 15) is 22.4 Å². The fraction of sp³-hybridized carbons (Fsp3) is 0.125. The number of carbonyl (C=O) groups excluding carboxylic acids is 2. The number of hydrogen-bond donors (Lipinski definition) is 2. The Bertz CT molecular complexity index is 916. The van der Waals surface area contributed by atoms with Gasteiger partial charge in [0.05, 0.1) is 17.6 Å². The van der Waals surface area contributed by atoms with Gasteiger partial charge in [0.25, 0.3) is 15.9 Å². The normalized spacial score (nSPS) is 10.8. The van der Waals surface area contributed by atoms with Crippen molar-refractivity contribution in [2.24, 2.45) is 0 Å². The lowest BCUT2D eigenvalue weighted by Gasteiger charge is -2.11. The van der Waals surface area contributed by atoms with Crippen LogP contribution >= 0.6 is 0 Å². The Morgan fingerprint density at radius 2 is 1.73 bits per heavy atom. The van der Waals surface area contributed by atoms with Crippen LogP contribution in [-0.4, -0.2) is 34.0 Å². The fourth-order valence-electron chi connectivity index (χ4n) is 1.90. The van der Waals surface area contributed by atoms with Crippen LogP contribution in [0, 0.1) is 5.82 Å². The molecule has 1 amide bonds. The highest BCUT2D eigenvalue weighted by atomic mass is 32.2. The molecule has 8 nitrogen and oxygen atoms in total. The Labute approximate surface area is 148 Å². The molecule has 2 N–H and O–H groups in total.